The summed E-state index contributed by atoms with van der Waals surface area (Å²) in [7, 11) is -9.38. The maximum absolute atomic E-state index is 14.7. The van der Waals surface area contributed by atoms with Gasteiger partial charge in [0.1, 0.15) is 40.9 Å². The minimum Gasteiger partial charge on any atom is -0.451 e. The number of benzene rings is 6. The molecule has 6 heterocycles. The Morgan fingerprint density at radius 1 is 0.551 bits per heavy atom. The number of fused-ring (bicyclic) bond motifs is 2. The van der Waals surface area contributed by atoms with Gasteiger partial charge in [-0.15, -0.1) is 11.8 Å². The number of nitrogens with zero attached hydrogens (tertiary/aromatic N) is 6. The lowest BCUT2D eigenvalue weighted by Gasteiger charge is -2.40. The van der Waals surface area contributed by atoms with E-state index < -0.39 is 142 Å². The maximum Gasteiger partial charge on any atom is 0.513 e. The number of nitro benzene ring substituents is 2. The fourth-order valence-corrected chi connectivity index (χ4v) is 17.5. The zero-order chi connectivity index (χ0) is 86.0. The molecule has 118 heavy (non-hydrogen) atoms. The van der Waals surface area contributed by atoms with Crippen molar-refractivity contribution in [3.05, 3.63) is 293 Å². The van der Waals surface area contributed by atoms with E-state index in [4.69, 9.17) is 47.4 Å². The van der Waals surface area contributed by atoms with Crippen LogP contribution < -0.4 is 20.4 Å². The summed E-state index contributed by atoms with van der Waals surface area (Å²) >= 11 is 1.18. The van der Waals surface area contributed by atoms with Crippen molar-refractivity contribution in [2.75, 3.05) is 13.2 Å². The lowest BCUT2D eigenvalue weighted by molar-refractivity contribution is -0.385. The summed E-state index contributed by atoms with van der Waals surface area (Å²) in [5.74, 6) is -4.31. The van der Waals surface area contributed by atoms with E-state index in [-0.39, 0.29) is 66.6 Å². The van der Waals surface area contributed by atoms with Gasteiger partial charge < -0.3 is 47.3 Å². The Kier molecular flexibility index (Phi) is 26.8. The normalized spacial score (nSPS) is 19.7. The van der Waals surface area contributed by atoms with Crippen molar-refractivity contribution in [3.8, 4) is 11.5 Å². The number of rotatable bonds is 24. The molecule has 4 aliphatic heterocycles. The second kappa shape index (κ2) is 35.9. The third-order valence-electron chi connectivity index (χ3n) is 20.9. The van der Waals surface area contributed by atoms with Gasteiger partial charge in [0, 0.05) is 52.2 Å². The molecule has 4 aliphatic rings. The predicted molar refractivity (Wildman–Crippen MR) is 437 cm³/mol. The van der Waals surface area contributed by atoms with E-state index in [2.05, 4.69) is 20.9 Å². The number of nitrogens with one attached hydrogen (secondary N) is 2. The van der Waals surface area contributed by atoms with Crippen molar-refractivity contribution in [3.63, 3.8) is 0 Å². The molecule has 6 atom stereocenters. The van der Waals surface area contributed by atoms with E-state index in [1.165, 1.54) is 109 Å². The van der Waals surface area contributed by atoms with E-state index in [0.717, 1.165) is 17.0 Å². The molecule has 12 rings (SSSR count). The van der Waals surface area contributed by atoms with Crippen LogP contribution >= 0.6 is 11.8 Å². The molecular formula is C82H84N8O24S2Si2. The Bertz CT molecular complexity index is 5220. The van der Waals surface area contributed by atoms with Gasteiger partial charge >= 0.3 is 30.2 Å². The van der Waals surface area contributed by atoms with Gasteiger partial charge in [-0.2, -0.15) is 0 Å². The minimum atomic E-state index is -4.54. The first-order valence-corrected chi connectivity index (χ1v) is 44.8. The average molecular weight is 1690 g/mol. The Morgan fingerprint density at radius 3 is 1.41 bits per heavy atom. The molecule has 36 heteroatoms. The number of hydrogen-bond acceptors (Lipinski definition) is 27. The van der Waals surface area contributed by atoms with Crippen LogP contribution in [0.15, 0.2) is 218 Å². The van der Waals surface area contributed by atoms with Gasteiger partial charge in [0.05, 0.1) is 42.7 Å². The summed E-state index contributed by atoms with van der Waals surface area (Å²) in [6.45, 7) is 21.5. The number of β-lactam (4-membered cyclic amide) rings is 2. The van der Waals surface area contributed by atoms with Gasteiger partial charge in [-0.05, 0) is 133 Å². The molecule has 2 N–H and O–H groups in total. The molecule has 616 valence electrons. The number of carbonyl (C=O) groups excluding carboxylic acids is 8. The molecule has 8 aromatic rings. The summed E-state index contributed by atoms with van der Waals surface area (Å²) < 4.78 is 71.5. The van der Waals surface area contributed by atoms with Crippen molar-refractivity contribution in [2.24, 2.45) is 0 Å². The van der Waals surface area contributed by atoms with Crippen LogP contribution in [0.4, 0.5) is 21.0 Å². The molecule has 1 unspecified atom stereocenters. The van der Waals surface area contributed by atoms with Crippen LogP contribution in [0.3, 0.4) is 0 Å². The Labute approximate surface area is 684 Å². The van der Waals surface area contributed by atoms with E-state index in [0.29, 0.717) is 22.3 Å². The Hall–Kier alpha value is -12.5. The van der Waals surface area contributed by atoms with Crippen LogP contribution in [0.1, 0.15) is 122 Å². The quantitative estimate of drug-likeness (QED) is 0.00653. The smallest absolute Gasteiger partial charge is 0.451 e. The molecule has 2 aromatic heterocycles. The number of pyridine rings is 2. The van der Waals surface area contributed by atoms with Gasteiger partial charge in [0.2, 0.25) is 16.6 Å². The summed E-state index contributed by atoms with van der Waals surface area (Å²) in [5.41, 5.74) is 7.69. The van der Waals surface area contributed by atoms with Crippen LogP contribution in [0.25, 0.3) is 12.2 Å². The fraction of sp³-hybridized carbons (Fsp3) is 0.293. The van der Waals surface area contributed by atoms with Crippen LogP contribution in [0.5, 0.6) is 11.5 Å². The molecule has 4 fully saturated rings. The Morgan fingerprint density at radius 2 is 0.958 bits per heavy atom. The highest BCUT2D eigenvalue weighted by atomic mass is 32.2. The predicted octanol–water partition coefficient (Wildman–Crippen LogP) is 14.0. The molecule has 0 aliphatic carbocycles. The molecule has 0 spiro atoms. The number of sulfone groups is 1. The van der Waals surface area contributed by atoms with E-state index >= 15 is 0 Å². The SMILES string of the molecule is CC(C)(C)[Si](C)(C)ONC(=O)OC[C@@]1(C)[C@H](C(=O)OC(c2ccccc2)c2ccccc2)N2C(=O)/C(=C/c3cc(C(=O)NO[Si](C)(C)C(C)(C)C)ccn3)[C@H]2S1(=O)=O.C[C@@]1(COC(=O)Oc2ccc([N+](=O)[O-])cc2)SC2/C(=C\c3cc(C(=O)Oc4ccc([N+](=O)[O-])cc4)ccn3)C(=O)N2[C@H]1C(=O)OC(c1ccccc1)c1ccccc1.O=O. The van der Waals surface area contributed by atoms with Crippen LogP contribution in [0.2, 0.25) is 36.3 Å². The zero-order valence-electron chi connectivity index (χ0n) is 66.0. The standard InChI is InChI=1S/C41H30N4O12S.C41H54N4O10SSi2.O2/c1-41(24-54-40(49)56-32-18-14-30(15-19-32)45(52)53)35(39(48)57-34(25-8-4-2-5-9-25)26-10-6-3-7-11-26)43-36(46)33(37(43)58-41)23-28-22-27(20-21-42-28)38(47)55-31-16-12-29(13-17-31)44(50)51;1-39(2,3)57(8,9)54-43-34(46)29-22-23-42-30(24-29)25-31-35(47)45-33(37(48)53-32(27-18-14-12-15-19-27)28-20-16-13-17-21-28)41(7,56(50,51)36(31)45)26-52-38(49)44-55-58(10,11)40(4,5)6;1-2/h2-23,34-35,37H,24H2,1H3;12-25,32-33,36H,26H2,1-11H3,(H,43,46)(H,44,49);/b33-23-;31-25-;/t35-,37?,41-;33-,36+,41-;/m00./s1. The molecular weight excluding hydrogens is 1600 g/mol. The molecule has 4 amide bonds. The number of carbonyl (C=O) groups is 8. The van der Waals surface area contributed by atoms with Crippen LogP contribution in [-0.2, 0) is 57.0 Å². The van der Waals surface area contributed by atoms with Gasteiger partial charge in [-0.1, -0.05) is 163 Å². The van der Waals surface area contributed by atoms with Crippen molar-refractivity contribution >= 4 is 110 Å². The lowest BCUT2D eigenvalue weighted by atomic mass is 9.93. The minimum absolute atomic E-state index is 0.0140. The highest BCUT2D eigenvalue weighted by Crippen LogP contribution is 2.55. The monoisotopic (exact) mass is 1680 g/mol. The van der Waals surface area contributed by atoms with Gasteiger partial charge in [-0.25, -0.2) is 43.4 Å². The van der Waals surface area contributed by atoms with E-state index in [1.807, 2.05) is 141 Å². The number of hydrogen-bond donors (Lipinski definition) is 2. The van der Waals surface area contributed by atoms with Crippen LogP contribution in [0, 0.1) is 30.2 Å². The second-order valence-electron chi connectivity index (χ2n) is 31.0. The number of ether oxygens (including phenoxy) is 6. The fourth-order valence-electron chi connectivity index (χ4n) is 12.3. The molecule has 0 bridgehead atoms. The first-order chi connectivity index (χ1) is 55.7. The number of hydroxylamine groups is 2. The second-order valence-corrected chi connectivity index (χ2v) is 44.5. The highest BCUT2D eigenvalue weighted by molar-refractivity contribution is 8.02. The number of aromatic nitrogens is 2. The largest absolute Gasteiger partial charge is 0.513 e. The third-order valence-corrected chi connectivity index (χ3v) is 33.6. The summed E-state index contributed by atoms with van der Waals surface area (Å²) in [4.78, 5) is 155. The number of thioether (sulfide) groups is 1. The van der Waals surface area contributed by atoms with Crippen molar-refractivity contribution < 1.29 is 94.1 Å². The van der Waals surface area contributed by atoms with E-state index in [1.54, 1.807) is 55.5 Å². The highest BCUT2D eigenvalue weighted by Gasteiger charge is 2.73. The van der Waals surface area contributed by atoms with Gasteiger partial charge in [0.15, 0.2) is 33.5 Å². The van der Waals surface area contributed by atoms with Crippen molar-refractivity contribution in [1.82, 2.24) is 30.7 Å². The number of amides is 4. The average Bonchev–Trinajstić information content (AvgIpc) is 1.51. The number of esters is 3. The van der Waals surface area contributed by atoms with Gasteiger partial charge in [-0.3, -0.25) is 44.6 Å². The molecule has 0 saturated carbocycles. The molecule has 6 aromatic carbocycles. The number of nitro groups is 2. The number of non-ortho nitro benzene ring substituents is 2. The third kappa shape index (κ3) is 19.3. The molecule has 32 nitrogen and oxygen atoms in total. The topological polar surface area (TPSA) is 421 Å². The molecule has 0 radical (unpaired) electrons. The van der Waals surface area contributed by atoms with Crippen molar-refractivity contribution in [2.45, 2.75) is 136 Å². The summed E-state index contributed by atoms with van der Waals surface area (Å²) in [6.07, 6.45) is 1.44. The zero-order valence-corrected chi connectivity index (χ0v) is 69.6. The maximum atomic E-state index is 14.7. The summed E-state index contributed by atoms with van der Waals surface area (Å²) in [5, 5.41) is 19.2. The van der Waals surface area contributed by atoms with Crippen molar-refractivity contribution in [1.29, 1.82) is 0 Å². The summed E-state index contributed by atoms with van der Waals surface area (Å²) in [6, 6.07) is 48.4. The molecule has 4 saturated heterocycles. The van der Waals surface area contributed by atoms with Gasteiger partial charge in [0.25, 0.3) is 29.1 Å². The van der Waals surface area contributed by atoms with E-state index in [9.17, 15) is 67.0 Å². The van der Waals surface area contributed by atoms with Crippen LogP contribution in [-0.4, -0.2) is 148 Å². The first kappa shape index (κ1) is 87.9. The first-order valence-electron chi connectivity index (χ1n) is 36.6. The Balaban J connectivity index is 0.000000243. The lowest BCUT2D eigenvalue weighted by Crippen LogP contribution is -2.60.